The predicted octanol–water partition coefficient (Wildman–Crippen LogP) is 3.17. The molecule has 0 aliphatic rings. The van der Waals surface area contributed by atoms with Gasteiger partial charge in [-0.25, -0.2) is 13.1 Å². The number of benzene rings is 1. The molecule has 0 saturated heterocycles. The monoisotopic (exact) mass is 368 g/mol. The number of amides is 1. The fourth-order valence-electron chi connectivity index (χ4n) is 1.95. The van der Waals surface area contributed by atoms with Crippen LogP contribution in [0.2, 0.25) is 5.02 Å². The van der Waals surface area contributed by atoms with Gasteiger partial charge in [-0.15, -0.1) is 0 Å². The molecule has 0 spiro atoms. The lowest BCUT2D eigenvalue weighted by Crippen LogP contribution is -2.29. The van der Waals surface area contributed by atoms with Crippen LogP contribution in [0.1, 0.15) is 29.4 Å². The van der Waals surface area contributed by atoms with Crippen molar-refractivity contribution in [3.63, 3.8) is 0 Å². The van der Waals surface area contributed by atoms with Gasteiger partial charge in [-0.1, -0.05) is 24.9 Å². The number of nitrogens with zero attached hydrogens (tertiary/aromatic N) is 1. The molecule has 24 heavy (non-hydrogen) atoms. The van der Waals surface area contributed by atoms with Crippen LogP contribution < -0.4 is 9.46 Å². The number of carbonyl (C=O) groups is 1. The first kappa shape index (κ1) is 18.2. The summed E-state index contributed by atoms with van der Waals surface area (Å²) < 4.78 is 29.7. The molecule has 0 fully saturated rings. The van der Waals surface area contributed by atoms with Crippen LogP contribution in [0.25, 0.3) is 0 Å². The second-order valence-corrected chi connectivity index (χ2v) is 7.34. The molecule has 0 atom stereocenters. The molecule has 0 unspecified atom stereocenters. The van der Waals surface area contributed by atoms with Gasteiger partial charge in [-0.3, -0.25) is 9.78 Å². The lowest BCUT2D eigenvalue weighted by molar-refractivity contribution is 0.0981. The van der Waals surface area contributed by atoms with E-state index in [1.807, 2.05) is 10.8 Å². The van der Waals surface area contributed by atoms with Gasteiger partial charge in [0.25, 0.3) is 5.91 Å². The van der Waals surface area contributed by atoms with Crippen LogP contribution in [0.5, 0.6) is 11.5 Å². The Bertz CT molecular complexity index is 836. The Kier molecular flexibility index (Phi) is 5.80. The minimum absolute atomic E-state index is 0.120. The summed E-state index contributed by atoms with van der Waals surface area (Å²) in [6, 6.07) is 7.94. The standard InChI is InChI=1S/C16H17ClN2O4S/c1-3-4-12-6-7-13(10-18-12)23-15-8-5-11(9-14(15)17)16(20)19-24(2,21)22/h5-10H,3-4H2,1-2H3,(H,19,20). The number of nitrogens with one attached hydrogen (secondary N) is 1. The van der Waals surface area contributed by atoms with Gasteiger partial charge in [0.05, 0.1) is 17.5 Å². The van der Waals surface area contributed by atoms with Gasteiger partial charge in [0.2, 0.25) is 10.0 Å². The van der Waals surface area contributed by atoms with Crippen molar-refractivity contribution in [3.8, 4) is 11.5 Å². The van der Waals surface area contributed by atoms with Crippen molar-refractivity contribution >= 4 is 27.5 Å². The maximum Gasteiger partial charge on any atom is 0.264 e. The maximum absolute atomic E-state index is 11.8. The van der Waals surface area contributed by atoms with Crippen LogP contribution in [0.4, 0.5) is 0 Å². The maximum atomic E-state index is 11.8. The molecule has 0 saturated carbocycles. The fraction of sp³-hybridized carbons (Fsp3) is 0.250. The molecule has 1 amide bonds. The lowest BCUT2D eigenvalue weighted by atomic mass is 10.2. The van der Waals surface area contributed by atoms with E-state index in [9.17, 15) is 13.2 Å². The molecule has 1 aromatic carbocycles. The number of carbonyl (C=O) groups excluding carboxylic acids is 1. The van der Waals surface area contributed by atoms with Gasteiger partial charge >= 0.3 is 0 Å². The summed E-state index contributed by atoms with van der Waals surface area (Å²) >= 11 is 6.10. The first-order chi connectivity index (χ1) is 11.3. The molecule has 6 nitrogen and oxygen atoms in total. The third-order valence-corrected chi connectivity index (χ3v) is 3.86. The molecule has 1 heterocycles. The van der Waals surface area contributed by atoms with Gasteiger partial charge in [0, 0.05) is 11.3 Å². The molecule has 0 radical (unpaired) electrons. The van der Waals surface area contributed by atoms with Gasteiger partial charge in [0.15, 0.2) is 0 Å². The summed E-state index contributed by atoms with van der Waals surface area (Å²) in [5, 5.41) is 0.189. The minimum atomic E-state index is -3.63. The lowest BCUT2D eigenvalue weighted by Gasteiger charge is -2.09. The fourth-order valence-corrected chi connectivity index (χ4v) is 2.63. The smallest absolute Gasteiger partial charge is 0.264 e. The molecule has 2 rings (SSSR count). The zero-order chi connectivity index (χ0) is 17.7. The highest BCUT2D eigenvalue weighted by Gasteiger charge is 2.13. The van der Waals surface area contributed by atoms with Crippen molar-refractivity contribution in [3.05, 3.63) is 52.8 Å². The minimum Gasteiger partial charge on any atom is -0.454 e. The Morgan fingerprint density at radius 2 is 2.04 bits per heavy atom. The third kappa shape index (κ3) is 5.21. The topological polar surface area (TPSA) is 85.4 Å². The summed E-state index contributed by atoms with van der Waals surface area (Å²) in [5.41, 5.74) is 1.10. The SMILES string of the molecule is CCCc1ccc(Oc2ccc(C(=O)NS(C)(=O)=O)cc2Cl)cn1. The summed E-state index contributed by atoms with van der Waals surface area (Å²) in [7, 11) is -3.63. The van der Waals surface area contributed by atoms with Crippen LogP contribution in [-0.2, 0) is 16.4 Å². The van der Waals surface area contributed by atoms with E-state index < -0.39 is 15.9 Å². The van der Waals surface area contributed by atoms with E-state index in [-0.39, 0.29) is 10.6 Å². The molecule has 1 N–H and O–H groups in total. The first-order valence-electron chi connectivity index (χ1n) is 7.23. The van der Waals surface area contributed by atoms with Crippen molar-refractivity contribution < 1.29 is 17.9 Å². The summed E-state index contributed by atoms with van der Waals surface area (Å²) in [6.45, 7) is 2.08. The number of ether oxygens (including phenoxy) is 1. The number of aryl methyl sites for hydroxylation is 1. The van der Waals surface area contributed by atoms with Gasteiger partial charge in [-0.2, -0.15) is 0 Å². The van der Waals surface area contributed by atoms with E-state index >= 15 is 0 Å². The van der Waals surface area contributed by atoms with Gasteiger partial charge < -0.3 is 4.74 Å². The second-order valence-electron chi connectivity index (χ2n) is 5.19. The molecule has 0 aliphatic carbocycles. The zero-order valence-corrected chi connectivity index (χ0v) is 14.8. The summed E-state index contributed by atoms with van der Waals surface area (Å²) in [4.78, 5) is 16.1. The predicted molar refractivity (Wildman–Crippen MR) is 92.1 cm³/mol. The van der Waals surface area contributed by atoms with E-state index in [4.69, 9.17) is 16.3 Å². The Morgan fingerprint density at radius 3 is 2.58 bits per heavy atom. The largest absolute Gasteiger partial charge is 0.454 e. The molecular formula is C16H17ClN2O4S. The summed E-state index contributed by atoms with van der Waals surface area (Å²) in [5.74, 6) is 0.110. The number of halogens is 1. The van der Waals surface area contributed by atoms with Crippen LogP contribution >= 0.6 is 11.6 Å². The number of aromatic nitrogens is 1. The summed E-state index contributed by atoms with van der Waals surface area (Å²) in [6.07, 6.45) is 4.41. The van der Waals surface area contributed by atoms with Crippen molar-refractivity contribution in [2.75, 3.05) is 6.26 Å². The number of sulfonamides is 1. The van der Waals surface area contributed by atoms with E-state index in [0.29, 0.717) is 11.5 Å². The van der Waals surface area contributed by atoms with E-state index in [2.05, 4.69) is 11.9 Å². The first-order valence-corrected chi connectivity index (χ1v) is 9.50. The van der Waals surface area contributed by atoms with Gasteiger partial charge in [0.1, 0.15) is 11.5 Å². The molecule has 128 valence electrons. The highest BCUT2D eigenvalue weighted by Crippen LogP contribution is 2.30. The second kappa shape index (κ2) is 7.63. The number of hydrogen-bond acceptors (Lipinski definition) is 5. The van der Waals surface area contributed by atoms with Crippen molar-refractivity contribution in [1.29, 1.82) is 0 Å². The quantitative estimate of drug-likeness (QED) is 0.846. The number of pyridine rings is 1. The van der Waals surface area contributed by atoms with Crippen molar-refractivity contribution in [2.24, 2.45) is 0 Å². The molecule has 8 heteroatoms. The van der Waals surface area contributed by atoms with Crippen LogP contribution in [0.15, 0.2) is 36.5 Å². The van der Waals surface area contributed by atoms with E-state index in [1.165, 1.54) is 18.2 Å². The van der Waals surface area contributed by atoms with Crippen molar-refractivity contribution in [2.45, 2.75) is 19.8 Å². The van der Waals surface area contributed by atoms with Crippen molar-refractivity contribution in [1.82, 2.24) is 9.71 Å². The molecule has 0 bridgehead atoms. The van der Waals surface area contributed by atoms with E-state index in [1.54, 1.807) is 12.3 Å². The normalized spacial score (nSPS) is 11.1. The molecule has 1 aromatic heterocycles. The highest BCUT2D eigenvalue weighted by molar-refractivity contribution is 7.89. The molecule has 2 aromatic rings. The van der Waals surface area contributed by atoms with E-state index in [0.717, 1.165) is 24.8 Å². The molecule has 0 aliphatic heterocycles. The number of hydrogen-bond donors (Lipinski definition) is 1. The van der Waals surface area contributed by atoms with Crippen LogP contribution in [0, 0.1) is 0 Å². The third-order valence-electron chi connectivity index (χ3n) is 3.00. The van der Waals surface area contributed by atoms with Crippen LogP contribution in [0.3, 0.4) is 0 Å². The van der Waals surface area contributed by atoms with Gasteiger partial charge in [-0.05, 0) is 36.8 Å². The Labute approximate surface area is 145 Å². The Balaban J connectivity index is 2.13. The molecular weight excluding hydrogens is 352 g/mol. The van der Waals surface area contributed by atoms with Crippen LogP contribution in [-0.4, -0.2) is 25.6 Å². The Morgan fingerprint density at radius 1 is 1.29 bits per heavy atom. The zero-order valence-electron chi connectivity index (χ0n) is 13.2. The average molecular weight is 369 g/mol. The average Bonchev–Trinajstić information content (AvgIpc) is 2.49. The number of rotatable bonds is 6. The Hall–Kier alpha value is -2.12. The highest BCUT2D eigenvalue weighted by atomic mass is 35.5.